The lowest BCUT2D eigenvalue weighted by atomic mass is 9.93. The number of hydrogen-bond donors (Lipinski definition) is 1. The Morgan fingerprint density at radius 1 is 1.30 bits per heavy atom. The largest absolute Gasteiger partial charge is 0.485 e. The van der Waals surface area contributed by atoms with Crippen LogP contribution >= 0.6 is 11.6 Å². The van der Waals surface area contributed by atoms with Crippen LogP contribution < -0.4 is 10.2 Å². The molecule has 0 radical (unpaired) electrons. The highest BCUT2D eigenvalue weighted by molar-refractivity contribution is 6.74. The van der Waals surface area contributed by atoms with Crippen molar-refractivity contribution in [3.63, 3.8) is 0 Å². The second-order valence-corrected chi connectivity index (χ2v) is 14.0. The Hall–Kier alpha value is -1.77. The summed E-state index contributed by atoms with van der Waals surface area (Å²) in [6.07, 6.45) is 3.60. The van der Waals surface area contributed by atoms with E-state index in [1.807, 2.05) is 0 Å². The molecule has 0 saturated heterocycles. The van der Waals surface area contributed by atoms with Gasteiger partial charge >= 0.3 is 0 Å². The van der Waals surface area contributed by atoms with Gasteiger partial charge in [0.05, 0.1) is 12.3 Å². The van der Waals surface area contributed by atoms with E-state index in [0.717, 1.165) is 6.07 Å². The summed E-state index contributed by atoms with van der Waals surface area (Å²) in [6, 6.07) is 0.994. The van der Waals surface area contributed by atoms with Crippen molar-refractivity contribution >= 4 is 31.5 Å². The summed E-state index contributed by atoms with van der Waals surface area (Å²) in [5.41, 5.74) is 2.43. The Bertz CT molecular complexity index is 867. The fourth-order valence-electron chi connectivity index (χ4n) is 2.62. The van der Waals surface area contributed by atoms with E-state index in [2.05, 4.69) is 44.4 Å². The zero-order valence-electron chi connectivity index (χ0n) is 18.2. The molecule has 0 aliphatic carbocycles. The van der Waals surface area contributed by atoms with Gasteiger partial charge in [-0.3, -0.25) is 4.79 Å². The molecule has 0 spiro atoms. The molecule has 30 heavy (non-hydrogen) atoms. The summed E-state index contributed by atoms with van der Waals surface area (Å²) in [6.45, 7) is 12.9. The van der Waals surface area contributed by atoms with Crippen LogP contribution in [-0.2, 0) is 9.22 Å². The molecular formula is C21H29ClF2N2O3Si. The van der Waals surface area contributed by atoms with Crippen molar-refractivity contribution in [1.82, 2.24) is 5.43 Å². The van der Waals surface area contributed by atoms with E-state index in [4.69, 9.17) is 20.8 Å². The maximum absolute atomic E-state index is 14.8. The zero-order valence-corrected chi connectivity index (χ0v) is 20.0. The predicted molar refractivity (Wildman–Crippen MR) is 118 cm³/mol. The van der Waals surface area contributed by atoms with Gasteiger partial charge in [-0.2, -0.15) is 5.10 Å². The summed E-state index contributed by atoms with van der Waals surface area (Å²) < 4.78 is 40.7. The van der Waals surface area contributed by atoms with Gasteiger partial charge in [0.1, 0.15) is 11.6 Å². The molecule has 9 heteroatoms. The zero-order chi connectivity index (χ0) is 22.7. The third-order valence-electron chi connectivity index (χ3n) is 5.49. The fourth-order valence-corrected chi connectivity index (χ4v) is 3.81. The van der Waals surface area contributed by atoms with Gasteiger partial charge in [0, 0.05) is 17.9 Å². The summed E-state index contributed by atoms with van der Waals surface area (Å²) >= 11 is 6.02. The summed E-state index contributed by atoms with van der Waals surface area (Å²) in [5.74, 6) is -2.63. The Morgan fingerprint density at radius 2 is 1.93 bits per heavy atom. The lowest BCUT2D eigenvalue weighted by molar-refractivity contribution is -0.121. The number of ether oxygens (including phenoxy) is 1. The number of nitrogens with zero attached hydrogens (tertiary/aromatic N) is 1. The monoisotopic (exact) mass is 458 g/mol. The number of amides is 1. The highest BCUT2D eigenvalue weighted by atomic mass is 35.5. The molecule has 0 aromatic heterocycles. The Balaban J connectivity index is 2.04. The van der Waals surface area contributed by atoms with Crippen molar-refractivity contribution in [2.45, 2.75) is 52.2 Å². The molecule has 1 heterocycles. The molecule has 1 aliphatic rings. The molecule has 0 saturated carbocycles. The van der Waals surface area contributed by atoms with Gasteiger partial charge in [-0.1, -0.05) is 45.4 Å². The highest BCUT2D eigenvalue weighted by Crippen LogP contribution is 2.36. The number of carbonyl (C=O) groups is 1. The molecule has 2 rings (SSSR count). The van der Waals surface area contributed by atoms with Gasteiger partial charge in [0.25, 0.3) is 0 Å². The highest BCUT2D eigenvalue weighted by Gasteiger charge is 2.36. The molecule has 1 unspecified atom stereocenters. The Kier molecular flexibility index (Phi) is 7.82. The van der Waals surface area contributed by atoms with Gasteiger partial charge in [-0.05, 0) is 30.3 Å². The minimum absolute atomic E-state index is 0.0176. The summed E-state index contributed by atoms with van der Waals surface area (Å²) in [4.78, 5) is 11.4. The number of rotatable bonds is 7. The first kappa shape index (κ1) is 24.5. The molecule has 1 N–H and O–H groups in total. The van der Waals surface area contributed by atoms with Crippen molar-refractivity contribution in [2.24, 2.45) is 11.0 Å². The second-order valence-electron chi connectivity index (χ2n) is 8.85. The van der Waals surface area contributed by atoms with Crippen LogP contribution in [0.25, 0.3) is 0 Å². The smallest absolute Gasteiger partial charge is 0.240 e. The first-order chi connectivity index (χ1) is 13.8. The van der Waals surface area contributed by atoms with Crippen LogP contribution in [0.4, 0.5) is 8.78 Å². The molecule has 0 bridgehead atoms. The number of hydrazone groups is 1. The predicted octanol–water partition coefficient (Wildman–Crippen LogP) is 5.44. The van der Waals surface area contributed by atoms with Crippen LogP contribution in [0.15, 0.2) is 23.3 Å². The molecule has 0 fully saturated rings. The third-order valence-corrected chi connectivity index (χ3v) is 10.3. The van der Waals surface area contributed by atoms with Crippen molar-refractivity contribution in [3.05, 3.63) is 40.4 Å². The molecule has 1 aliphatic heterocycles. The molecule has 1 aromatic rings. The standard InChI is InChI=1S/C21H29ClF2N2O3Si/c1-13-11-16(27)25-26-19(13)14-12-15(23)20(17(22)18(14)24)28-9-7-8-10-29-30(5,6)21(2,3)4/h7-8,12-13H,9-11H2,1-6H3,(H,25,27). The van der Waals surface area contributed by atoms with Crippen molar-refractivity contribution < 1.29 is 22.7 Å². The average Bonchev–Trinajstić information content (AvgIpc) is 2.63. The average molecular weight is 459 g/mol. The maximum Gasteiger partial charge on any atom is 0.240 e. The van der Waals surface area contributed by atoms with Crippen LogP contribution in [0.2, 0.25) is 23.2 Å². The lowest BCUT2D eigenvalue weighted by Gasteiger charge is -2.35. The van der Waals surface area contributed by atoms with Gasteiger partial charge in [-0.25, -0.2) is 14.2 Å². The van der Waals surface area contributed by atoms with E-state index in [1.54, 1.807) is 19.1 Å². The minimum atomic E-state index is -1.85. The van der Waals surface area contributed by atoms with E-state index in [1.165, 1.54) is 0 Å². The maximum atomic E-state index is 14.8. The second kappa shape index (κ2) is 9.57. The quantitative estimate of drug-likeness (QED) is 0.336. The van der Waals surface area contributed by atoms with E-state index < -0.39 is 25.0 Å². The van der Waals surface area contributed by atoms with E-state index >= 15 is 0 Å². The molecule has 1 amide bonds. The Labute approximate surface area is 182 Å². The molecule has 1 atom stereocenters. The summed E-state index contributed by atoms with van der Waals surface area (Å²) in [7, 11) is -1.85. The van der Waals surface area contributed by atoms with Gasteiger partial charge in [-0.15, -0.1) is 0 Å². The first-order valence-electron chi connectivity index (χ1n) is 9.81. The number of carbonyl (C=O) groups excluding carboxylic acids is 1. The molecular weight excluding hydrogens is 430 g/mol. The van der Waals surface area contributed by atoms with E-state index in [9.17, 15) is 13.6 Å². The number of nitrogens with one attached hydrogen (secondary N) is 1. The number of halogens is 3. The van der Waals surface area contributed by atoms with Crippen LogP contribution in [0, 0.1) is 17.6 Å². The number of hydrogen-bond acceptors (Lipinski definition) is 4. The van der Waals surface area contributed by atoms with Gasteiger partial charge < -0.3 is 9.16 Å². The lowest BCUT2D eigenvalue weighted by Crippen LogP contribution is -2.40. The van der Waals surface area contributed by atoms with Gasteiger partial charge in [0.2, 0.25) is 5.91 Å². The SMILES string of the molecule is CC1CC(=O)NN=C1c1cc(F)c(OCC=CCO[Si](C)(C)C(C)(C)C)c(Cl)c1F. The van der Waals surface area contributed by atoms with E-state index in [0.29, 0.717) is 6.61 Å². The van der Waals surface area contributed by atoms with Crippen LogP contribution in [-0.4, -0.2) is 33.2 Å². The van der Waals surface area contributed by atoms with Crippen molar-refractivity contribution in [1.29, 1.82) is 0 Å². The van der Waals surface area contributed by atoms with Crippen LogP contribution in [0.5, 0.6) is 5.75 Å². The van der Waals surface area contributed by atoms with Crippen LogP contribution in [0.1, 0.15) is 39.7 Å². The number of benzene rings is 1. The summed E-state index contributed by atoms with van der Waals surface area (Å²) in [5, 5.41) is 3.51. The molecule has 1 aromatic carbocycles. The van der Waals surface area contributed by atoms with Gasteiger partial charge in [0.15, 0.2) is 25.7 Å². The van der Waals surface area contributed by atoms with Crippen molar-refractivity contribution in [3.8, 4) is 5.75 Å². The van der Waals surface area contributed by atoms with Crippen molar-refractivity contribution in [2.75, 3.05) is 13.2 Å². The van der Waals surface area contributed by atoms with Crippen LogP contribution in [0.3, 0.4) is 0 Å². The third kappa shape index (κ3) is 5.68. The first-order valence-corrected chi connectivity index (χ1v) is 13.1. The molecule has 5 nitrogen and oxygen atoms in total. The van der Waals surface area contributed by atoms with E-state index in [-0.39, 0.29) is 46.9 Å². The Morgan fingerprint density at radius 3 is 2.53 bits per heavy atom. The topological polar surface area (TPSA) is 59.9 Å². The minimum Gasteiger partial charge on any atom is -0.485 e. The molecule has 166 valence electrons. The fraction of sp³-hybridized carbons (Fsp3) is 0.524. The normalized spacial score (nSPS) is 17.8.